The molecule has 0 aliphatic rings. The van der Waals surface area contributed by atoms with Crippen molar-refractivity contribution in [2.45, 2.75) is 0 Å². The minimum Gasteiger partial charge on any atom is -0.453 e. The molecule has 0 aliphatic heterocycles. The van der Waals surface area contributed by atoms with Crippen molar-refractivity contribution in [1.29, 1.82) is 0 Å². The Morgan fingerprint density at radius 3 is 1.67 bits per heavy atom. The Kier molecular flexibility index (Phi) is 5.64. The Morgan fingerprint density at radius 2 is 1.13 bits per heavy atom. The van der Waals surface area contributed by atoms with E-state index in [0.717, 1.165) is 11.1 Å². The highest BCUT2D eigenvalue weighted by molar-refractivity contribution is 7.34. The molecule has 4 N–H and O–H groups in total. The van der Waals surface area contributed by atoms with E-state index in [9.17, 15) is 4.57 Å². The lowest BCUT2D eigenvalue weighted by Crippen LogP contribution is -2.03. The molecule has 0 aliphatic carbocycles. The molecular weight excluding hydrogens is 395 g/mol. The summed E-state index contributed by atoms with van der Waals surface area (Å²) in [5.74, 6) is 1.97. The van der Waals surface area contributed by atoms with Gasteiger partial charge in [0, 0.05) is 16.9 Å². The van der Waals surface area contributed by atoms with Crippen molar-refractivity contribution in [2.24, 2.45) is 0 Å². The molecule has 0 aromatic heterocycles. The van der Waals surface area contributed by atoms with Crippen LogP contribution in [0.3, 0.4) is 0 Å². The maximum atomic E-state index is 11.9. The Balaban J connectivity index is 1.87. The van der Waals surface area contributed by atoms with E-state index in [1.165, 1.54) is 0 Å². The molecule has 148 valence electrons. The molecule has 6 heteroatoms. The van der Waals surface area contributed by atoms with E-state index in [4.69, 9.17) is 20.9 Å². The average molecular weight is 414 g/mol. The molecule has 30 heavy (non-hydrogen) atoms. The largest absolute Gasteiger partial charge is 0.453 e. The Bertz CT molecular complexity index is 1160. The van der Waals surface area contributed by atoms with E-state index in [1.54, 1.807) is 54.6 Å². The summed E-state index contributed by atoms with van der Waals surface area (Å²) in [5, 5.41) is 0.469. The molecule has 0 heterocycles. The van der Waals surface area contributed by atoms with Gasteiger partial charge in [-0.2, -0.15) is 0 Å². The van der Waals surface area contributed by atoms with Gasteiger partial charge in [0.1, 0.15) is 11.5 Å². The maximum absolute atomic E-state index is 11.9. The lowest BCUT2D eigenvalue weighted by molar-refractivity contribution is 0.423. The molecule has 4 aromatic rings. The van der Waals surface area contributed by atoms with Gasteiger partial charge in [0.05, 0.1) is 5.30 Å². The first-order valence-corrected chi connectivity index (χ1v) is 10.1. The zero-order valence-corrected chi connectivity index (χ0v) is 16.9. The minimum absolute atomic E-state index is 0.182. The third-order valence-electron chi connectivity index (χ3n) is 4.47. The van der Waals surface area contributed by atoms with Crippen molar-refractivity contribution in [3.8, 4) is 34.1 Å². The van der Waals surface area contributed by atoms with Gasteiger partial charge >= 0.3 is 0 Å². The number of nitrogens with two attached hydrogens (primary N) is 2. The molecule has 0 bridgehead atoms. The molecule has 0 unspecified atom stereocenters. The van der Waals surface area contributed by atoms with Crippen LogP contribution in [0.4, 0.5) is 11.4 Å². The summed E-state index contributed by atoms with van der Waals surface area (Å²) in [6.45, 7) is 0. The summed E-state index contributed by atoms with van der Waals surface area (Å²) in [6.07, 6.45) is 0. The van der Waals surface area contributed by atoms with Crippen LogP contribution in [-0.2, 0) is 4.57 Å². The fourth-order valence-corrected chi connectivity index (χ4v) is 3.34. The second-order valence-electron chi connectivity index (χ2n) is 6.59. The van der Waals surface area contributed by atoms with Gasteiger partial charge in [-0.05, 0) is 66.2 Å². The topological polar surface area (TPSA) is 87.6 Å². The smallest absolute Gasteiger partial charge is 0.196 e. The average Bonchev–Trinajstić information content (AvgIpc) is 2.78. The molecule has 0 saturated carbocycles. The predicted molar refractivity (Wildman–Crippen MR) is 121 cm³/mol. The summed E-state index contributed by atoms with van der Waals surface area (Å²) < 4.78 is 24.3. The van der Waals surface area contributed by atoms with Gasteiger partial charge in [0.2, 0.25) is 0 Å². The van der Waals surface area contributed by atoms with Crippen LogP contribution in [0.2, 0.25) is 0 Å². The molecule has 4 rings (SSSR count). The highest BCUT2D eigenvalue weighted by atomic mass is 31.1. The molecule has 0 spiro atoms. The van der Waals surface area contributed by atoms with Crippen LogP contribution in [0.25, 0.3) is 11.1 Å². The van der Waals surface area contributed by atoms with E-state index >= 15 is 0 Å². The number of anilines is 2. The van der Waals surface area contributed by atoms with Crippen molar-refractivity contribution >= 4 is 25.1 Å². The molecule has 4 aromatic carbocycles. The molecular formula is C24H19N2O3P. The maximum Gasteiger partial charge on any atom is 0.196 e. The monoisotopic (exact) mass is 414 g/mol. The van der Waals surface area contributed by atoms with Crippen LogP contribution in [0.15, 0.2) is 91.0 Å². The summed E-state index contributed by atoms with van der Waals surface area (Å²) in [6, 6.07) is 27.5. The van der Waals surface area contributed by atoms with Gasteiger partial charge in [0.25, 0.3) is 0 Å². The van der Waals surface area contributed by atoms with Gasteiger partial charge in [-0.3, -0.25) is 4.57 Å². The van der Waals surface area contributed by atoms with Crippen molar-refractivity contribution in [2.75, 3.05) is 11.5 Å². The second-order valence-corrected chi connectivity index (χ2v) is 7.25. The number of benzene rings is 4. The molecule has 0 atom stereocenters. The van der Waals surface area contributed by atoms with Crippen molar-refractivity contribution in [1.82, 2.24) is 0 Å². The van der Waals surface area contributed by atoms with Crippen LogP contribution < -0.4 is 26.2 Å². The number of ether oxygens (including phenoxy) is 2. The number of rotatable bonds is 6. The lowest BCUT2D eigenvalue weighted by Gasteiger charge is -2.18. The lowest BCUT2D eigenvalue weighted by atomic mass is 10.0. The Hall–Kier alpha value is -3.82. The number of hydrogen-bond acceptors (Lipinski definition) is 5. The van der Waals surface area contributed by atoms with Crippen molar-refractivity contribution in [3.63, 3.8) is 0 Å². The van der Waals surface area contributed by atoms with Crippen LogP contribution in [0, 0.1) is 0 Å². The Morgan fingerprint density at radius 1 is 0.600 bits per heavy atom. The Labute approximate surface area is 176 Å². The minimum atomic E-state index is -0.182. The highest BCUT2D eigenvalue weighted by Crippen LogP contribution is 2.43. The van der Waals surface area contributed by atoms with E-state index < -0.39 is 0 Å². The van der Waals surface area contributed by atoms with Crippen LogP contribution in [0.1, 0.15) is 0 Å². The van der Waals surface area contributed by atoms with Gasteiger partial charge in [-0.1, -0.05) is 30.3 Å². The van der Waals surface area contributed by atoms with Gasteiger partial charge in [-0.15, -0.1) is 0 Å². The molecule has 0 saturated heterocycles. The first-order chi connectivity index (χ1) is 14.6. The summed E-state index contributed by atoms with van der Waals surface area (Å²) in [4.78, 5) is 0. The van der Waals surface area contributed by atoms with E-state index in [0.29, 0.717) is 39.7 Å². The first-order valence-electron chi connectivity index (χ1n) is 9.26. The van der Waals surface area contributed by atoms with Crippen molar-refractivity contribution < 1.29 is 14.0 Å². The van der Waals surface area contributed by atoms with Gasteiger partial charge in [0.15, 0.2) is 20.0 Å². The quantitative estimate of drug-likeness (QED) is 0.298. The van der Waals surface area contributed by atoms with E-state index in [-0.39, 0.29) is 8.46 Å². The van der Waals surface area contributed by atoms with E-state index in [1.807, 2.05) is 36.4 Å². The standard InChI is InChI=1S/C24H19N2O3P/c25-17-6-10-19(11-7-17)28-23-21(16-4-2-1-3-5-16)14-15-22(30-27)24(23)29-20-12-8-18(26)9-13-20/h1-15H,25-26H2. The highest BCUT2D eigenvalue weighted by Gasteiger charge is 2.20. The SMILES string of the molecule is Nc1ccc(Oc2c(P=O)ccc(-c3ccccc3)c2Oc2ccc(N)cc2)cc1. The third-order valence-corrected chi connectivity index (χ3v) is 5.02. The number of hydrogen-bond donors (Lipinski definition) is 2. The molecule has 0 fully saturated rings. The normalized spacial score (nSPS) is 10.7. The second kappa shape index (κ2) is 8.68. The first kappa shape index (κ1) is 19.5. The molecule has 0 radical (unpaired) electrons. The van der Waals surface area contributed by atoms with E-state index in [2.05, 4.69) is 0 Å². The summed E-state index contributed by atoms with van der Waals surface area (Å²) >= 11 is 0. The number of nitrogen functional groups attached to an aromatic ring is 2. The zero-order valence-electron chi connectivity index (χ0n) is 16.0. The molecule has 0 amide bonds. The van der Waals surface area contributed by atoms with Gasteiger partial charge in [-0.25, -0.2) is 0 Å². The van der Waals surface area contributed by atoms with Crippen molar-refractivity contribution in [3.05, 3.63) is 91.0 Å². The zero-order chi connectivity index (χ0) is 20.9. The van der Waals surface area contributed by atoms with Crippen LogP contribution in [0.5, 0.6) is 23.0 Å². The fourth-order valence-electron chi connectivity index (χ4n) is 2.98. The van der Waals surface area contributed by atoms with Crippen LogP contribution >= 0.6 is 8.46 Å². The van der Waals surface area contributed by atoms with Gasteiger partial charge < -0.3 is 20.9 Å². The summed E-state index contributed by atoms with van der Waals surface area (Å²) in [5.41, 5.74) is 14.6. The summed E-state index contributed by atoms with van der Waals surface area (Å²) in [7, 11) is -0.182. The third kappa shape index (κ3) is 4.27. The fraction of sp³-hybridized carbons (Fsp3) is 0. The predicted octanol–water partition coefficient (Wildman–Crippen LogP) is 6.02. The van der Waals surface area contributed by atoms with Crippen LogP contribution in [-0.4, -0.2) is 0 Å². The molecule has 5 nitrogen and oxygen atoms in total.